The molecule has 0 atom stereocenters. The number of methoxy groups -OCH3 is 1. The number of hydrogen-bond donors (Lipinski definition) is 1. The Bertz CT molecular complexity index is 704. The van der Waals surface area contributed by atoms with E-state index in [1.54, 1.807) is 0 Å². The molecule has 0 bridgehead atoms. The lowest BCUT2D eigenvalue weighted by Crippen LogP contribution is -2.24. The lowest BCUT2D eigenvalue weighted by Gasteiger charge is -2.11. The largest absolute Gasteiger partial charge is 0.495 e. The van der Waals surface area contributed by atoms with Crippen molar-refractivity contribution in [3.8, 4) is 5.75 Å². The fraction of sp³-hybridized carbons (Fsp3) is 0.143. The minimum absolute atomic E-state index is 0.0394. The van der Waals surface area contributed by atoms with Crippen LogP contribution in [0.3, 0.4) is 0 Å². The maximum atomic E-state index is 12.2. The van der Waals surface area contributed by atoms with Crippen LogP contribution in [0.25, 0.3) is 0 Å². The summed E-state index contributed by atoms with van der Waals surface area (Å²) in [6.07, 6.45) is 0. The number of benzene rings is 2. The van der Waals surface area contributed by atoms with E-state index in [0.717, 1.165) is 5.56 Å². The van der Waals surface area contributed by atoms with Crippen LogP contribution in [0, 0.1) is 0 Å². The highest BCUT2D eigenvalue weighted by molar-refractivity contribution is 7.89. The van der Waals surface area contributed by atoms with Crippen LogP contribution < -0.4 is 9.62 Å². The molecule has 2 aromatic carbocycles. The summed E-state index contributed by atoms with van der Waals surface area (Å²) in [6.45, 7) is 0.121. The average Bonchev–Trinajstić information content (AvgIpc) is 2.47. The van der Waals surface area contributed by atoms with Crippen molar-refractivity contribution in [1.29, 1.82) is 0 Å². The maximum absolute atomic E-state index is 12.2. The Morgan fingerprint density at radius 2 is 1.86 bits per heavy atom. The van der Waals surface area contributed by atoms with E-state index in [9.17, 15) is 8.42 Å². The molecular formula is C14H14ClNO4S. The summed E-state index contributed by atoms with van der Waals surface area (Å²) < 4.78 is 29.3. The van der Waals surface area contributed by atoms with Crippen molar-refractivity contribution in [2.24, 2.45) is 0 Å². The lowest BCUT2D eigenvalue weighted by atomic mass is 10.2. The van der Waals surface area contributed by atoms with Crippen molar-refractivity contribution in [2.75, 3.05) is 7.11 Å². The Morgan fingerprint density at radius 3 is 2.52 bits per heavy atom. The van der Waals surface area contributed by atoms with Crippen LogP contribution in [0.5, 0.6) is 5.75 Å². The topological polar surface area (TPSA) is 64.6 Å². The Kier molecular flexibility index (Phi) is 5.19. The van der Waals surface area contributed by atoms with Gasteiger partial charge in [-0.3, -0.25) is 4.84 Å². The standard InChI is InChI=1S/C14H14ClNO4S/c1-19-13-9-12(15)7-8-14(13)21(17,18)16-20-10-11-5-3-2-4-6-11/h2-9,16H,10H2,1H3. The molecule has 0 spiro atoms. The van der Waals surface area contributed by atoms with Crippen LogP contribution in [-0.2, 0) is 21.5 Å². The zero-order chi connectivity index (χ0) is 15.3. The Balaban J connectivity index is 2.08. The predicted octanol–water partition coefficient (Wildman–Crippen LogP) is 2.76. The quantitative estimate of drug-likeness (QED) is 0.829. The summed E-state index contributed by atoms with van der Waals surface area (Å²) in [5, 5.41) is 0.385. The van der Waals surface area contributed by atoms with Crippen LogP contribution >= 0.6 is 11.6 Å². The molecule has 0 aliphatic rings. The number of nitrogens with one attached hydrogen (secondary N) is 1. The van der Waals surface area contributed by atoms with Gasteiger partial charge in [0.05, 0.1) is 13.7 Å². The van der Waals surface area contributed by atoms with Gasteiger partial charge in [0.2, 0.25) is 0 Å². The van der Waals surface area contributed by atoms with Crippen molar-refractivity contribution < 1.29 is 18.0 Å². The minimum atomic E-state index is -3.85. The van der Waals surface area contributed by atoms with E-state index in [0.29, 0.717) is 5.02 Å². The summed E-state index contributed by atoms with van der Waals surface area (Å²) in [4.78, 5) is 7.07. The van der Waals surface area contributed by atoms with Crippen molar-refractivity contribution in [1.82, 2.24) is 4.89 Å². The molecule has 0 radical (unpaired) electrons. The first-order valence-corrected chi connectivity index (χ1v) is 7.90. The van der Waals surface area contributed by atoms with Crippen molar-refractivity contribution in [2.45, 2.75) is 11.5 Å². The highest BCUT2D eigenvalue weighted by Crippen LogP contribution is 2.26. The molecule has 2 rings (SSSR count). The Morgan fingerprint density at radius 1 is 1.14 bits per heavy atom. The second-order valence-corrected chi connectivity index (χ2v) is 6.21. The number of sulfonamides is 1. The highest BCUT2D eigenvalue weighted by Gasteiger charge is 2.20. The van der Waals surface area contributed by atoms with E-state index < -0.39 is 10.0 Å². The molecule has 1 N–H and O–H groups in total. The summed E-state index contributed by atoms with van der Waals surface area (Å²) in [5.74, 6) is 0.151. The SMILES string of the molecule is COc1cc(Cl)ccc1S(=O)(=O)NOCc1ccccc1. The first-order chi connectivity index (χ1) is 10.0. The molecule has 0 aliphatic carbocycles. The van der Waals surface area contributed by atoms with Gasteiger partial charge in [-0.1, -0.05) is 46.8 Å². The van der Waals surface area contributed by atoms with Gasteiger partial charge in [0.25, 0.3) is 10.0 Å². The Labute approximate surface area is 128 Å². The van der Waals surface area contributed by atoms with Crippen LogP contribution in [-0.4, -0.2) is 15.5 Å². The minimum Gasteiger partial charge on any atom is -0.495 e. The van der Waals surface area contributed by atoms with E-state index in [-0.39, 0.29) is 17.3 Å². The summed E-state index contributed by atoms with van der Waals surface area (Å²) in [6, 6.07) is 13.5. The second-order valence-electron chi connectivity index (χ2n) is 4.16. The zero-order valence-electron chi connectivity index (χ0n) is 11.2. The van der Waals surface area contributed by atoms with Gasteiger partial charge in [0.15, 0.2) is 0 Å². The molecule has 0 unspecified atom stereocenters. The first kappa shape index (κ1) is 15.8. The fourth-order valence-corrected chi connectivity index (χ4v) is 2.79. The normalized spacial score (nSPS) is 11.3. The van der Waals surface area contributed by atoms with Crippen molar-refractivity contribution in [3.63, 3.8) is 0 Å². The fourth-order valence-electron chi connectivity index (χ4n) is 1.67. The second kappa shape index (κ2) is 6.91. The van der Waals surface area contributed by atoms with Gasteiger partial charge in [-0.2, -0.15) is 0 Å². The zero-order valence-corrected chi connectivity index (χ0v) is 12.8. The third-order valence-corrected chi connectivity index (χ3v) is 4.15. The molecule has 0 saturated carbocycles. The van der Waals surface area contributed by atoms with Gasteiger partial charge >= 0.3 is 0 Å². The van der Waals surface area contributed by atoms with Crippen LogP contribution in [0.1, 0.15) is 5.56 Å². The monoisotopic (exact) mass is 327 g/mol. The summed E-state index contributed by atoms with van der Waals surface area (Å²) >= 11 is 5.80. The van der Waals surface area contributed by atoms with Gasteiger partial charge in [-0.05, 0) is 17.7 Å². The molecule has 0 aliphatic heterocycles. The number of halogens is 1. The van der Waals surface area contributed by atoms with E-state index in [4.69, 9.17) is 21.2 Å². The predicted molar refractivity (Wildman–Crippen MR) is 79.6 cm³/mol. The first-order valence-electron chi connectivity index (χ1n) is 6.04. The van der Waals surface area contributed by atoms with E-state index in [1.807, 2.05) is 30.3 Å². The molecule has 112 valence electrons. The van der Waals surface area contributed by atoms with Crippen molar-refractivity contribution >= 4 is 21.6 Å². The smallest absolute Gasteiger partial charge is 0.266 e. The van der Waals surface area contributed by atoms with Gasteiger partial charge in [-0.25, -0.2) is 8.42 Å². The Hall–Kier alpha value is -1.60. The highest BCUT2D eigenvalue weighted by atomic mass is 35.5. The molecule has 21 heavy (non-hydrogen) atoms. The van der Waals surface area contributed by atoms with Gasteiger partial charge in [0, 0.05) is 11.1 Å². The van der Waals surface area contributed by atoms with Gasteiger partial charge in [-0.15, -0.1) is 0 Å². The molecule has 2 aromatic rings. The van der Waals surface area contributed by atoms with E-state index in [1.165, 1.54) is 25.3 Å². The number of hydrogen-bond acceptors (Lipinski definition) is 4. The molecule has 0 aromatic heterocycles. The van der Waals surface area contributed by atoms with E-state index >= 15 is 0 Å². The van der Waals surface area contributed by atoms with Crippen LogP contribution in [0.2, 0.25) is 5.02 Å². The van der Waals surface area contributed by atoms with Gasteiger partial charge < -0.3 is 4.74 Å². The molecule has 0 fully saturated rings. The van der Waals surface area contributed by atoms with Crippen LogP contribution in [0.4, 0.5) is 0 Å². The molecule has 0 saturated heterocycles. The van der Waals surface area contributed by atoms with Crippen molar-refractivity contribution in [3.05, 3.63) is 59.1 Å². The van der Waals surface area contributed by atoms with Crippen LogP contribution in [0.15, 0.2) is 53.4 Å². The third-order valence-electron chi connectivity index (χ3n) is 2.67. The molecule has 0 amide bonds. The average molecular weight is 328 g/mol. The summed E-state index contributed by atoms with van der Waals surface area (Å²) in [5.41, 5.74) is 0.850. The number of rotatable bonds is 6. The van der Waals surface area contributed by atoms with E-state index in [2.05, 4.69) is 4.89 Å². The molecule has 7 heteroatoms. The molecule has 5 nitrogen and oxygen atoms in total. The van der Waals surface area contributed by atoms with Gasteiger partial charge in [0.1, 0.15) is 10.6 Å². The summed E-state index contributed by atoms with van der Waals surface area (Å²) in [7, 11) is -2.48. The third kappa shape index (κ3) is 4.18. The maximum Gasteiger partial charge on any atom is 0.266 e. The molecular weight excluding hydrogens is 314 g/mol. The number of ether oxygens (including phenoxy) is 1. The molecule has 0 heterocycles. The lowest BCUT2D eigenvalue weighted by molar-refractivity contribution is 0.0794.